The minimum Gasteiger partial charge on any atom is -1.00 e. The molecule has 0 amide bonds. The van der Waals surface area contributed by atoms with E-state index in [1.54, 1.807) is 0 Å². The first-order valence-corrected chi connectivity index (χ1v) is 6.39. The number of aliphatic hydroxyl groups is 1. The van der Waals surface area contributed by atoms with E-state index in [-0.39, 0.29) is 25.1 Å². The van der Waals surface area contributed by atoms with Gasteiger partial charge in [-0.05, 0) is 11.1 Å². The average molecular weight is 278 g/mol. The Labute approximate surface area is 121 Å². The van der Waals surface area contributed by atoms with Crippen molar-refractivity contribution in [1.82, 2.24) is 0 Å². The zero-order valence-corrected chi connectivity index (χ0v) is 12.1. The van der Waals surface area contributed by atoms with Crippen molar-refractivity contribution in [1.29, 1.82) is 0 Å². The molecule has 0 bridgehead atoms. The second-order valence-electron chi connectivity index (χ2n) is 4.89. The summed E-state index contributed by atoms with van der Waals surface area (Å²) in [5.41, 5.74) is 2.42. The number of pyridine rings is 1. The van der Waals surface area contributed by atoms with Crippen molar-refractivity contribution in [3.8, 4) is 11.1 Å². The van der Waals surface area contributed by atoms with Gasteiger partial charge < -0.3 is 17.5 Å². The number of benzene rings is 1. The van der Waals surface area contributed by atoms with Gasteiger partial charge in [0.25, 0.3) is 0 Å². The minimum atomic E-state index is 0. The second-order valence-corrected chi connectivity index (χ2v) is 4.89. The van der Waals surface area contributed by atoms with Gasteiger partial charge in [0, 0.05) is 18.1 Å². The maximum absolute atomic E-state index is 9.42. The van der Waals surface area contributed by atoms with Crippen LogP contribution in [0.4, 0.5) is 0 Å². The molecule has 0 aliphatic carbocycles. The van der Waals surface area contributed by atoms with E-state index < -0.39 is 0 Å². The van der Waals surface area contributed by atoms with Crippen LogP contribution in [0.25, 0.3) is 11.1 Å². The van der Waals surface area contributed by atoms with Crippen LogP contribution >= 0.6 is 0 Å². The predicted octanol–water partition coefficient (Wildman–Crippen LogP) is -0.165. The third kappa shape index (κ3) is 3.79. The van der Waals surface area contributed by atoms with Crippen LogP contribution < -0.4 is 17.0 Å². The molecular weight excluding hydrogens is 258 g/mol. The molecule has 1 heterocycles. The van der Waals surface area contributed by atoms with Crippen molar-refractivity contribution < 1.29 is 22.1 Å². The van der Waals surface area contributed by atoms with E-state index in [2.05, 4.69) is 42.7 Å². The van der Waals surface area contributed by atoms with Crippen LogP contribution in [0.2, 0.25) is 0 Å². The number of aromatic nitrogens is 1. The molecule has 0 saturated carbocycles. The molecule has 1 aromatic carbocycles. The number of aliphatic hydroxyl groups excluding tert-OH is 1. The number of nitrogens with zero attached hydrogens (tertiary/aromatic N) is 1. The number of hydrogen-bond acceptors (Lipinski definition) is 1. The highest BCUT2D eigenvalue weighted by atomic mass is 35.5. The van der Waals surface area contributed by atoms with Crippen LogP contribution in [0.15, 0.2) is 54.9 Å². The van der Waals surface area contributed by atoms with Crippen molar-refractivity contribution in [2.75, 3.05) is 6.61 Å². The van der Waals surface area contributed by atoms with Crippen molar-refractivity contribution in [3.63, 3.8) is 0 Å². The van der Waals surface area contributed by atoms with Gasteiger partial charge in [0.05, 0.1) is 0 Å². The van der Waals surface area contributed by atoms with Crippen LogP contribution in [-0.2, 0) is 0 Å². The molecular formula is C16H20ClNO. The molecule has 0 saturated heterocycles. The third-order valence-corrected chi connectivity index (χ3v) is 3.30. The molecule has 0 fully saturated rings. The summed E-state index contributed by atoms with van der Waals surface area (Å²) >= 11 is 0. The standard InChI is InChI=1S/C16H20NO.ClH/c1-13(2)16(12-18)17-10-8-15(9-11-17)14-6-4-3-5-7-14;/h3-11,13,16,18H,12H2,1-2H3;1H/q+1;/p-1. The lowest BCUT2D eigenvalue weighted by molar-refractivity contribution is -0.730. The van der Waals surface area contributed by atoms with Gasteiger partial charge in [0.15, 0.2) is 18.4 Å². The van der Waals surface area contributed by atoms with Gasteiger partial charge in [-0.15, -0.1) is 0 Å². The summed E-state index contributed by atoms with van der Waals surface area (Å²) < 4.78 is 2.08. The largest absolute Gasteiger partial charge is 1.00 e. The average Bonchev–Trinajstić information content (AvgIpc) is 2.41. The van der Waals surface area contributed by atoms with Crippen molar-refractivity contribution >= 4 is 0 Å². The summed E-state index contributed by atoms with van der Waals surface area (Å²) in [6.45, 7) is 4.42. The summed E-state index contributed by atoms with van der Waals surface area (Å²) in [5, 5.41) is 9.42. The van der Waals surface area contributed by atoms with E-state index in [0.717, 1.165) is 0 Å². The molecule has 19 heavy (non-hydrogen) atoms. The lowest BCUT2D eigenvalue weighted by Crippen LogP contribution is -3.00. The van der Waals surface area contributed by atoms with Gasteiger partial charge in [0.2, 0.25) is 0 Å². The first-order valence-electron chi connectivity index (χ1n) is 6.39. The van der Waals surface area contributed by atoms with E-state index in [0.29, 0.717) is 5.92 Å². The molecule has 1 atom stereocenters. The maximum atomic E-state index is 9.42. The Kier molecular flexibility index (Phi) is 6.00. The Hall–Kier alpha value is -1.38. The fraction of sp³-hybridized carbons (Fsp3) is 0.312. The van der Waals surface area contributed by atoms with Crippen LogP contribution in [0.3, 0.4) is 0 Å². The van der Waals surface area contributed by atoms with Gasteiger partial charge in [-0.2, -0.15) is 4.57 Å². The van der Waals surface area contributed by atoms with E-state index in [1.165, 1.54) is 11.1 Å². The maximum Gasteiger partial charge on any atom is 0.183 e. The van der Waals surface area contributed by atoms with Gasteiger partial charge >= 0.3 is 0 Å². The Bertz CT molecular complexity index is 482. The molecule has 2 nitrogen and oxygen atoms in total. The minimum absolute atomic E-state index is 0. The summed E-state index contributed by atoms with van der Waals surface area (Å²) in [5.74, 6) is 0.419. The van der Waals surface area contributed by atoms with E-state index in [4.69, 9.17) is 0 Å². The molecule has 2 rings (SSSR count). The molecule has 0 aliphatic heterocycles. The fourth-order valence-electron chi connectivity index (χ4n) is 2.13. The predicted molar refractivity (Wildman–Crippen MR) is 73.0 cm³/mol. The van der Waals surface area contributed by atoms with Gasteiger partial charge in [-0.1, -0.05) is 44.2 Å². The lowest BCUT2D eigenvalue weighted by Gasteiger charge is -2.13. The first-order chi connectivity index (χ1) is 8.72. The summed E-state index contributed by atoms with van der Waals surface area (Å²) in [6.07, 6.45) is 4.09. The van der Waals surface area contributed by atoms with Crippen LogP contribution in [0, 0.1) is 5.92 Å². The number of halogens is 1. The summed E-state index contributed by atoms with van der Waals surface area (Å²) in [7, 11) is 0. The topological polar surface area (TPSA) is 24.1 Å². The third-order valence-electron chi connectivity index (χ3n) is 3.30. The van der Waals surface area contributed by atoms with E-state index in [1.807, 2.05) is 30.6 Å². The fourth-order valence-corrected chi connectivity index (χ4v) is 2.13. The molecule has 0 aliphatic rings. The molecule has 0 radical (unpaired) electrons. The van der Waals surface area contributed by atoms with Gasteiger partial charge in [-0.25, -0.2) is 0 Å². The quantitative estimate of drug-likeness (QED) is 0.772. The Morgan fingerprint density at radius 3 is 1.95 bits per heavy atom. The lowest BCUT2D eigenvalue weighted by atomic mass is 10.0. The zero-order chi connectivity index (χ0) is 13.0. The summed E-state index contributed by atoms with van der Waals surface area (Å²) in [4.78, 5) is 0. The number of rotatable bonds is 4. The molecule has 102 valence electrons. The van der Waals surface area contributed by atoms with Crippen LogP contribution in [0.1, 0.15) is 19.9 Å². The normalized spacial score (nSPS) is 12.0. The highest BCUT2D eigenvalue weighted by Crippen LogP contribution is 2.17. The Balaban J connectivity index is 0.00000180. The van der Waals surface area contributed by atoms with Crippen molar-refractivity contribution in [3.05, 3.63) is 54.9 Å². The zero-order valence-electron chi connectivity index (χ0n) is 11.3. The SMILES string of the molecule is CC(C)C(CO)[n+]1ccc(-c2ccccc2)cc1.[Cl-]. The smallest absolute Gasteiger partial charge is 0.183 e. The van der Waals surface area contributed by atoms with Crippen molar-refractivity contribution in [2.24, 2.45) is 5.92 Å². The van der Waals surface area contributed by atoms with Gasteiger partial charge in [-0.3, -0.25) is 0 Å². The number of hydrogen-bond donors (Lipinski definition) is 1. The summed E-state index contributed by atoms with van der Waals surface area (Å²) in [6, 6.07) is 14.7. The molecule has 0 spiro atoms. The van der Waals surface area contributed by atoms with Crippen LogP contribution in [-0.4, -0.2) is 11.7 Å². The molecule has 3 heteroatoms. The Morgan fingerprint density at radius 1 is 0.947 bits per heavy atom. The highest BCUT2D eigenvalue weighted by Gasteiger charge is 2.21. The Morgan fingerprint density at radius 2 is 1.47 bits per heavy atom. The molecule has 1 unspecified atom stereocenters. The van der Waals surface area contributed by atoms with E-state index >= 15 is 0 Å². The molecule has 1 N–H and O–H groups in total. The van der Waals surface area contributed by atoms with Crippen molar-refractivity contribution in [2.45, 2.75) is 19.9 Å². The monoisotopic (exact) mass is 277 g/mol. The van der Waals surface area contributed by atoms with E-state index in [9.17, 15) is 5.11 Å². The van der Waals surface area contributed by atoms with Crippen LogP contribution in [0.5, 0.6) is 0 Å². The second kappa shape index (κ2) is 7.27. The molecule has 2 aromatic rings. The van der Waals surface area contributed by atoms with Gasteiger partial charge in [0.1, 0.15) is 6.61 Å². The molecule has 1 aromatic heterocycles. The first kappa shape index (κ1) is 15.7. The highest BCUT2D eigenvalue weighted by molar-refractivity contribution is 5.61.